The number of para-hydroxylation sites is 1. The summed E-state index contributed by atoms with van der Waals surface area (Å²) in [5.74, 6) is -1.04. The number of hydrogen-bond acceptors (Lipinski definition) is 4. The number of aryl methyl sites for hydroxylation is 1. The summed E-state index contributed by atoms with van der Waals surface area (Å²) in [5, 5.41) is 3.50. The normalized spacial score (nSPS) is 10.7. The van der Waals surface area contributed by atoms with Crippen LogP contribution in [0.3, 0.4) is 0 Å². The van der Waals surface area contributed by atoms with Crippen LogP contribution in [0.5, 0.6) is 0 Å². The summed E-state index contributed by atoms with van der Waals surface area (Å²) in [5.41, 5.74) is 1.60. The van der Waals surface area contributed by atoms with Crippen LogP contribution in [-0.2, 0) is 11.2 Å². The maximum Gasteiger partial charge on any atom is 0.289 e. The molecule has 28 heavy (non-hydrogen) atoms. The molecule has 0 saturated heterocycles. The zero-order valence-electron chi connectivity index (χ0n) is 15.5. The zero-order chi connectivity index (χ0) is 20.3. The number of benzene rings is 2. The summed E-state index contributed by atoms with van der Waals surface area (Å²) in [6, 6.07) is 13.2. The number of likely N-dealkylation sites (N-methyl/N-ethyl adjacent to an activating group) is 1. The molecule has 0 unspecified atom stereocenters. The van der Waals surface area contributed by atoms with Crippen molar-refractivity contribution in [2.45, 2.75) is 13.3 Å². The SMILES string of the molecule is CCc1ccccc1NC(=O)CN(C)C(=O)c1cc(=O)c2cc(Cl)ccc2o1. The van der Waals surface area contributed by atoms with Gasteiger partial charge < -0.3 is 14.6 Å². The summed E-state index contributed by atoms with van der Waals surface area (Å²) < 4.78 is 5.54. The van der Waals surface area contributed by atoms with Gasteiger partial charge in [-0.3, -0.25) is 14.4 Å². The molecule has 3 aromatic rings. The van der Waals surface area contributed by atoms with Crippen molar-refractivity contribution in [1.82, 2.24) is 4.90 Å². The van der Waals surface area contributed by atoms with Gasteiger partial charge in [-0.1, -0.05) is 36.7 Å². The Morgan fingerprint density at radius 1 is 1.14 bits per heavy atom. The Kier molecular flexibility index (Phi) is 5.80. The van der Waals surface area contributed by atoms with Crippen LogP contribution >= 0.6 is 11.6 Å². The van der Waals surface area contributed by atoms with Crippen LogP contribution < -0.4 is 10.7 Å². The van der Waals surface area contributed by atoms with Gasteiger partial charge in [-0.25, -0.2) is 0 Å². The molecule has 2 amide bonds. The van der Waals surface area contributed by atoms with Crippen molar-refractivity contribution < 1.29 is 14.0 Å². The van der Waals surface area contributed by atoms with Crippen LogP contribution in [0, 0.1) is 0 Å². The summed E-state index contributed by atoms with van der Waals surface area (Å²) in [6.07, 6.45) is 0.775. The number of carbonyl (C=O) groups is 2. The highest BCUT2D eigenvalue weighted by atomic mass is 35.5. The maximum atomic E-state index is 12.6. The first kappa shape index (κ1) is 19.6. The fourth-order valence-corrected chi connectivity index (χ4v) is 3.02. The molecule has 1 aromatic heterocycles. The molecule has 0 atom stereocenters. The van der Waals surface area contributed by atoms with Crippen LogP contribution in [0.4, 0.5) is 5.69 Å². The Hall–Kier alpha value is -3.12. The van der Waals surface area contributed by atoms with Crippen molar-refractivity contribution >= 4 is 40.1 Å². The monoisotopic (exact) mass is 398 g/mol. The van der Waals surface area contributed by atoms with Gasteiger partial charge in [0.15, 0.2) is 11.2 Å². The summed E-state index contributed by atoms with van der Waals surface area (Å²) in [7, 11) is 1.47. The van der Waals surface area contributed by atoms with E-state index in [9.17, 15) is 14.4 Å². The van der Waals surface area contributed by atoms with Crippen molar-refractivity contribution in [3.63, 3.8) is 0 Å². The molecular formula is C21H19ClN2O4. The number of halogens is 1. The van der Waals surface area contributed by atoms with Gasteiger partial charge in [0, 0.05) is 23.8 Å². The Morgan fingerprint density at radius 2 is 1.89 bits per heavy atom. The van der Waals surface area contributed by atoms with Gasteiger partial charge in [0.1, 0.15) is 5.58 Å². The molecule has 7 heteroatoms. The standard InChI is InChI=1S/C21H19ClN2O4/c1-3-13-6-4-5-7-16(13)23-20(26)12-24(2)21(27)19-11-17(25)15-10-14(22)8-9-18(15)28-19/h4-11H,3,12H2,1-2H3,(H,23,26). The van der Waals surface area contributed by atoms with Crippen molar-refractivity contribution in [1.29, 1.82) is 0 Å². The molecule has 0 fully saturated rings. The van der Waals surface area contributed by atoms with Crippen molar-refractivity contribution in [3.05, 3.63) is 75.1 Å². The average molecular weight is 399 g/mol. The Bertz CT molecular complexity index is 1110. The fourth-order valence-electron chi connectivity index (χ4n) is 2.85. The molecule has 0 aliphatic heterocycles. The Morgan fingerprint density at radius 3 is 2.64 bits per heavy atom. The predicted octanol–water partition coefficient (Wildman–Crippen LogP) is 3.72. The van der Waals surface area contributed by atoms with E-state index in [0.29, 0.717) is 16.1 Å². The van der Waals surface area contributed by atoms with Crippen LogP contribution in [0.15, 0.2) is 57.7 Å². The highest BCUT2D eigenvalue weighted by Crippen LogP contribution is 2.18. The van der Waals surface area contributed by atoms with E-state index in [4.69, 9.17) is 16.0 Å². The van der Waals surface area contributed by atoms with E-state index in [1.165, 1.54) is 24.1 Å². The minimum absolute atomic E-state index is 0.135. The quantitative estimate of drug-likeness (QED) is 0.710. The van der Waals surface area contributed by atoms with Crippen molar-refractivity contribution in [2.75, 3.05) is 18.9 Å². The molecule has 6 nitrogen and oxygen atoms in total. The lowest BCUT2D eigenvalue weighted by Crippen LogP contribution is -2.35. The molecule has 144 valence electrons. The number of hydrogen-bond donors (Lipinski definition) is 1. The van der Waals surface area contributed by atoms with E-state index in [-0.39, 0.29) is 29.2 Å². The highest BCUT2D eigenvalue weighted by Gasteiger charge is 2.19. The van der Waals surface area contributed by atoms with Gasteiger partial charge in [-0.05, 0) is 36.2 Å². The number of rotatable bonds is 5. The van der Waals surface area contributed by atoms with E-state index in [2.05, 4.69) is 5.32 Å². The van der Waals surface area contributed by atoms with Gasteiger partial charge in [0.05, 0.1) is 11.9 Å². The van der Waals surface area contributed by atoms with E-state index in [0.717, 1.165) is 18.1 Å². The molecule has 0 bridgehead atoms. The third-order valence-electron chi connectivity index (χ3n) is 4.30. The lowest BCUT2D eigenvalue weighted by molar-refractivity contribution is -0.116. The minimum atomic E-state index is -0.562. The van der Waals surface area contributed by atoms with Crippen LogP contribution in [0.2, 0.25) is 5.02 Å². The molecule has 0 spiro atoms. The van der Waals surface area contributed by atoms with Gasteiger partial charge >= 0.3 is 0 Å². The molecule has 0 radical (unpaired) electrons. The zero-order valence-corrected chi connectivity index (χ0v) is 16.2. The number of carbonyl (C=O) groups excluding carboxylic acids is 2. The second-order valence-electron chi connectivity index (χ2n) is 6.34. The van der Waals surface area contributed by atoms with Crippen molar-refractivity contribution in [3.8, 4) is 0 Å². The maximum absolute atomic E-state index is 12.6. The lowest BCUT2D eigenvalue weighted by atomic mass is 10.1. The topological polar surface area (TPSA) is 79.6 Å². The van der Waals surface area contributed by atoms with Gasteiger partial charge in [0.2, 0.25) is 5.91 Å². The third-order valence-corrected chi connectivity index (χ3v) is 4.53. The molecule has 3 rings (SSSR count). The first-order valence-electron chi connectivity index (χ1n) is 8.75. The van der Waals surface area contributed by atoms with Gasteiger partial charge in [-0.2, -0.15) is 0 Å². The molecule has 2 aromatic carbocycles. The second-order valence-corrected chi connectivity index (χ2v) is 6.77. The number of anilines is 1. The number of nitrogens with zero attached hydrogens (tertiary/aromatic N) is 1. The Balaban J connectivity index is 1.75. The van der Waals surface area contributed by atoms with Gasteiger partial charge in [0.25, 0.3) is 5.91 Å². The number of fused-ring (bicyclic) bond motifs is 1. The minimum Gasteiger partial charge on any atom is -0.451 e. The van der Waals surface area contributed by atoms with Crippen LogP contribution in [-0.4, -0.2) is 30.3 Å². The summed E-state index contributed by atoms with van der Waals surface area (Å²) >= 11 is 5.89. The summed E-state index contributed by atoms with van der Waals surface area (Å²) in [4.78, 5) is 38.4. The van der Waals surface area contributed by atoms with E-state index < -0.39 is 5.91 Å². The number of nitrogens with one attached hydrogen (secondary N) is 1. The molecule has 1 heterocycles. The lowest BCUT2D eigenvalue weighted by Gasteiger charge is -2.17. The largest absolute Gasteiger partial charge is 0.451 e. The molecule has 0 saturated carbocycles. The number of amides is 2. The van der Waals surface area contributed by atoms with Crippen molar-refractivity contribution in [2.24, 2.45) is 0 Å². The highest BCUT2D eigenvalue weighted by molar-refractivity contribution is 6.31. The van der Waals surface area contributed by atoms with Gasteiger partial charge in [-0.15, -0.1) is 0 Å². The molecule has 0 aliphatic carbocycles. The fraction of sp³-hybridized carbons (Fsp3) is 0.190. The molecule has 0 aliphatic rings. The summed E-state index contributed by atoms with van der Waals surface area (Å²) in [6.45, 7) is 1.81. The van der Waals surface area contributed by atoms with Crippen LogP contribution in [0.1, 0.15) is 23.0 Å². The predicted molar refractivity (Wildman–Crippen MR) is 109 cm³/mol. The molecular weight excluding hydrogens is 380 g/mol. The van der Waals surface area contributed by atoms with Crippen LogP contribution in [0.25, 0.3) is 11.0 Å². The first-order valence-corrected chi connectivity index (χ1v) is 9.13. The van der Waals surface area contributed by atoms with E-state index >= 15 is 0 Å². The second kappa shape index (κ2) is 8.27. The average Bonchev–Trinajstić information content (AvgIpc) is 2.68. The smallest absolute Gasteiger partial charge is 0.289 e. The molecule has 1 N–H and O–H groups in total. The van der Waals surface area contributed by atoms with E-state index in [1.54, 1.807) is 6.07 Å². The van der Waals surface area contributed by atoms with E-state index in [1.807, 2.05) is 31.2 Å². The third kappa shape index (κ3) is 4.23. The first-order chi connectivity index (χ1) is 13.4. The Labute approximate surface area is 166 Å².